The van der Waals surface area contributed by atoms with Crippen molar-refractivity contribution in [1.29, 1.82) is 0 Å². The molecule has 1 N–H and O–H groups in total. The summed E-state index contributed by atoms with van der Waals surface area (Å²) in [5.41, 5.74) is 5.00. The van der Waals surface area contributed by atoms with Gasteiger partial charge in [-0.1, -0.05) is 44.9 Å². The van der Waals surface area contributed by atoms with Gasteiger partial charge in [0.2, 0.25) is 10.0 Å². The summed E-state index contributed by atoms with van der Waals surface area (Å²) in [5, 5.41) is 11.2. The first-order chi connectivity index (χ1) is 20.3. The highest BCUT2D eigenvalue weighted by atomic mass is 32.2. The SMILES string of the molecule is CCCCN(c1ccc2c(c1)c(-c1ccc(OC)cc1)c(C(=O)O)n2Cc1ccc2nsnc2c1)S(=O)(=O)CCCC. The summed E-state index contributed by atoms with van der Waals surface area (Å²) < 4.78 is 44.2. The molecular weight excluding hydrogens is 572 g/mol. The standard InChI is InChI=1S/C31H34N4O5S2/c1-4-6-16-35(42(38,39)17-7-5-2)23-11-15-28-25(19-23)29(22-9-12-24(40-3)13-10-22)30(31(36)37)34(28)20-21-8-14-26-27(18-21)33-41-32-26/h8-15,18-19H,4-7,16-17,20H2,1-3H3,(H,36,37). The molecule has 0 bridgehead atoms. The number of benzene rings is 3. The van der Waals surface area contributed by atoms with Gasteiger partial charge in [0.15, 0.2) is 0 Å². The van der Waals surface area contributed by atoms with E-state index >= 15 is 0 Å². The number of hydrogen-bond acceptors (Lipinski definition) is 7. The molecular formula is C31H34N4O5S2. The maximum absolute atomic E-state index is 13.5. The van der Waals surface area contributed by atoms with E-state index in [4.69, 9.17) is 4.74 Å². The van der Waals surface area contributed by atoms with E-state index in [0.717, 1.165) is 41.2 Å². The van der Waals surface area contributed by atoms with Crippen LogP contribution in [0.4, 0.5) is 5.69 Å². The van der Waals surface area contributed by atoms with Crippen LogP contribution in [0.3, 0.4) is 0 Å². The van der Waals surface area contributed by atoms with Crippen LogP contribution in [0.15, 0.2) is 60.7 Å². The molecule has 0 aliphatic carbocycles. The number of methoxy groups -OCH3 is 1. The summed E-state index contributed by atoms with van der Waals surface area (Å²) in [7, 11) is -1.99. The van der Waals surface area contributed by atoms with Crippen LogP contribution in [0.25, 0.3) is 33.1 Å². The summed E-state index contributed by atoms with van der Waals surface area (Å²) in [5.74, 6) is -0.363. The molecule has 0 amide bonds. The maximum atomic E-state index is 13.5. The molecule has 0 unspecified atom stereocenters. The second-order valence-corrected chi connectivity index (χ2v) is 12.8. The van der Waals surface area contributed by atoms with Crippen molar-refractivity contribution >= 4 is 55.3 Å². The quantitative estimate of drug-likeness (QED) is 0.157. The summed E-state index contributed by atoms with van der Waals surface area (Å²) in [6.45, 7) is 4.65. The van der Waals surface area contributed by atoms with Crippen molar-refractivity contribution < 1.29 is 23.1 Å². The van der Waals surface area contributed by atoms with Crippen LogP contribution in [0.5, 0.6) is 5.75 Å². The lowest BCUT2D eigenvalue weighted by Gasteiger charge is -2.24. The van der Waals surface area contributed by atoms with E-state index in [-0.39, 0.29) is 18.0 Å². The van der Waals surface area contributed by atoms with Gasteiger partial charge in [0.25, 0.3) is 0 Å². The second-order valence-electron chi connectivity index (χ2n) is 10.2. The van der Waals surface area contributed by atoms with Gasteiger partial charge in [0.1, 0.15) is 22.5 Å². The topological polar surface area (TPSA) is 115 Å². The fourth-order valence-electron chi connectivity index (χ4n) is 5.21. The van der Waals surface area contributed by atoms with Crippen LogP contribution in [0.1, 0.15) is 55.6 Å². The Balaban J connectivity index is 1.73. The largest absolute Gasteiger partial charge is 0.497 e. The number of sulfonamides is 1. The van der Waals surface area contributed by atoms with Crippen molar-refractivity contribution in [3.8, 4) is 16.9 Å². The minimum Gasteiger partial charge on any atom is -0.497 e. The number of aromatic nitrogens is 3. The highest BCUT2D eigenvalue weighted by Gasteiger charge is 2.27. The molecule has 2 aromatic heterocycles. The average molecular weight is 607 g/mol. The number of carbonyl (C=O) groups is 1. The zero-order chi connectivity index (χ0) is 29.9. The molecule has 220 valence electrons. The first kappa shape index (κ1) is 29.5. The zero-order valence-electron chi connectivity index (χ0n) is 23.9. The normalized spacial score (nSPS) is 11.8. The van der Waals surface area contributed by atoms with E-state index in [1.54, 1.807) is 29.9 Å². The number of hydrogen-bond donors (Lipinski definition) is 1. The van der Waals surface area contributed by atoms with E-state index in [0.29, 0.717) is 52.9 Å². The lowest BCUT2D eigenvalue weighted by molar-refractivity contribution is 0.0687. The highest BCUT2D eigenvalue weighted by Crippen LogP contribution is 2.39. The minimum atomic E-state index is -3.57. The molecule has 3 aromatic carbocycles. The zero-order valence-corrected chi connectivity index (χ0v) is 25.5. The van der Waals surface area contributed by atoms with Gasteiger partial charge in [-0.15, -0.1) is 0 Å². The van der Waals surface area contributed by atoms with Gasteiger partial charge >= 0.3 is 5.97 Å². The summed E-state index contributed by atoms with van der Waals surface area (Å²) >= 11 is 1.13. The monoisotopic (exact) mass is 606 g/mol. The Bertz CT molecular complexity index is 1830. The van der Waals surface area contributed by atoms with Crippen LogP contribution in [-0.4, -0.2) is 52.2 Å². The highest BCUT2D eigenvalue weighted by molar-refractivity contribution is 7.92. The molecule has 2 heterocycles. The molecule has 11 heteroatoms. The summed E-state index contributed by atoms with van der Waals surface area (Å²) in [6.07, 6.45) is 2.90. The van der Waals surface area contributed by atoms with Gasteiger partial charge in [-0.2, -0.15) is 8.75 Å². The predicted molar refractivity (Wildman–Crippen MR) is 168 cm³/mol. The Morgan fingerprint density at radius 2 is 1.71 bits per heavy atom. The predicted octanol–water partition coefficient (Wildman–Crippen LogP) is 6.80. The number of carboxylic acid groups (broad SMARTS) is 1. The number of carboxylic acids is 1. The van der Waals surface area contributed by atoms with E-state index < -0.39 is 16.0 Å². The molecule has 42 heavy (non-hydrogen) atoms. The van der Waals surface area contributed by atoms with Gasteiger partial charge in [0.05, 0.1) is 30.3 Å². The first-order valence-corrected chi connectivity index (χ1v) is 16.4. The maximum Gasteiger partial charge on any atom is 0.353 e. The third kappa shape index (κ3) is 5.84. The number of anilines is 1. The molecule has 0 atom stereocenters. The molecule has 0 spiro atoms. The molecule has 0 saturated heterocycles. The number of unbranched alkanes of at least 4 members (excludes halogenated alkanes) is 2. The molecule has 9 nitrogen and oxygen atoms in total. The van der Waals surface area contributed by atoms with Gasteiger partial charge in [-0.3, -0.25) is 4.31 Å². The molecule has 0 saturated carbocycles. The van der Waals surface area contributed by atoms with Crippen molar-refractivity contribution in [2.75, 3.05) is 23.7 Å². The number of rotatable bonds is 13. The minimum absolute atomic E-state index is 0.0614. The average Bonchev–Trinajstić information content (AvgIpc) is 3.58. The molecule has 5 aromatic rings. The van der Waals surface area contributed by atoms with Crippen molar-refractivity contribution in [2.24, 2.45) is 0 Å². The summed E-state index contributed by atoms with van der Waals surface area (Å²) in [4.78, 5) is 12.9. The van der Waals surface area contributed by atoms with E-state index in [1.165, 1.54) is 4.31 Å². The van der Waals surface area contributed by atoms with Gasteiger partial charge < -0.3 is 14.4 Å². The molecule has 0 aliphatic rings. The Labute approximate surface area is 249 Å². The van der Waals surface area contributed by atoms with E-state index in [9.17, 15) is 18.3 Å². The Kier molecular flexibility index (Phi) is 8.79. The van der Waals surface area contributed by atoms with Crippen LogP contribution >= 0.6 is 11.7 Å². The van der Waals surface area contributed by atoms with Gasteiger partial charge in [0, 0.05) is 29.6 Å². The van der Waals surface area contributed by atoms with Gasteiger partial charge in [-0.25, -0.2) is 13.2 Å². The Hall–Kier alpha value is -3.96. The van der Waals surface area contributed by atoms with Gasteiger partial charge in [-0.05, 0) is 66.4 Å². The molecule has 0 fully saturated rings. The second kappa shape index (κ2) is 12.5. The van der Waals surface area contributed by atoms with Crippen LogP contribution < -0.4 is 9.04 Å². The number of aromatic carboxylic acids is 1. The number of fused-ring (bicyclic) bond motifs is 2. The number of ether oxygens (including phenoxy) is 1. The van der Waals surface area contributed by atoms with Crippen molar-refractivity contribution in [1.82, 2.24) is 13.3 Å². The fourth-order valence-corrected chi connectivity index (χ4v) is 7.44. The van der Waals surface area contributed by atoms with Crippen molar-refractivity contribution in [3.05, 3.63) is 71.9 Å². The summed E-state index contributed by atoms with van der Waals surface area (Å²) in [6, 6.07) is 18.4. The molecule has 0 aliphatic heterocycles. The first-order valence-electron chi connectivity index (χ1n) is 14.0. The van der Waals surface area contributed by atoms with E-state index in [2.05, 4.69) is 8.75 Å². The van der Waals surface area contributed by atoms with Crippen molar-refractivity contribution in [2.45, 2.75) is 46.1 Å². The third-order valence-corrected chi connectivity index (χ3v) is 9.81. The molecule has 0 radical (unpaired) electrons. The molecule has 5 rings (SSSR count). The smallest absolute Gasteiger partial charge is 0.353 e. The van der Waals surface area contributed by atoms with Crippen LogP contribution in [-0.2, 0) is 16.6 Å². The lowest BCUT2D eigenvalue weighted by Crippen LogP contribution is -2.34. The Morgan fingerprint density at radius 1 is 0.976 bits per heavy atom. The fraction of sp³-hybridized carbons (Fsp3) is 0.323. The van der Waals surface area contributed by atoms with Crippen LogP contribution in [0, 0.1) is 0 Å². The third-order valence-electron chi connectivity index (χ3n) is 7.38. The van der Waals surface area contributed by atoms with E-state index in [1.807, 2.05) is 56.3 Å². The van der Waals surface area contributed by atoms with Crippen LogP contribution in [0.2, 0.25) is 0 Å². The number of nitrogens with zero attached hydrogens (tertiary/aromatic N) is 4. The lowest BCUT2D eigenvalue weighted by atomic mass is 10.0. The Morgan fingerprint density at radius 3 is 2.40 bits per heavy atom. The van der Waals surface area contributed by atoms with Crippen molar-refractivity contribution in [3.63, 3.8) is 0 Å².